The van der Waals surface area contributed by atoms with Crippen molar-refractivity contribution < 1.29 is 27.5 Å². The van der Waals surface area contributed by atoms with Crippen molar-refractivity contribution in [3.63, 3.8) is 0 Å². The van der Waals surface area contributed by atoms with Gasteiger partial charge in [-0.3, -0.25) is 9.69 Å². The Kier molecular flexibility index (Phi) is 9.93. The Hall–Kier alpha value is -2.45. The van der Waals surface area contributed by atoms with Gasteiger partial charge in [-0.1, -0.05) is 38.1 Å². The molecule has 4 atom stereocenters. The van der Waals surface area contributed by atoms with Crippen LogP contribution in [0.5, 0.6) is 0 Å². The van der Waals surface area contributed by atoms with E-state index in [1.165, 1.54) is 18.2 Å². The second-order valence-corrected chi connectivity index (χ2v) is 12.2. The van der Waals surface area contributed by atoms with E-state index in [0.29, 0.717) is 6.42 Å². The van der Waals surface area contributed by atoms with Crippen molar-refractivity contribution in [1.29, 1.82) is 0 Å². The van der Waals surface area contributed by atoms with Gasteiger partial charge in [0, 0.05) is 24.6 Å². The van der Waals surface area contributed by atoms with Crippen molar-refractivity contribution in [3.8, 4) is 0 Å². The first-order chi connectivity index (χ1) is 18.9. The maximum atomic E-state index is 14.7. The summed E-state index contributed by atoms with van der Waals surface area (Å²) in [5.41, 5.74) is 0.813. The van der Waals surface area contributed by atoms with Crippen LogP contribution in [-0.4, -0.2) is 59.6 Å². The maximum Gasteiger partial charge on any atom is 0.321 e. The summed E-state index contributed by atoms with van der Waals surface area (Å²) in [5.74, 6) is -4.04. The van der Waals surface area contributed by atoms with Crippen molar-refractivity contribution in [2.75, 3.05) is 26.7 Å². The topological polar surface area (TPSA) is 43.8 Å². The van der Waals surface area contributed by atoms with Crippen LogP contribution in [0.25, 0.3) is 0 Å². The number of hydrogen-bond donors (Lipinski definition) is 1. The monoisotopic (exact) mass is 562 g/mol. The van der Waals surface area contributed by atoms with E-state index in [2.05, 4.69) is 4.90 Å². The summed E-state index contributed by atoms with van der Waals surface area (Å²) in [6.07, 6.45) is 3.46. The maximum absolute atomic E-state index is 14.7. The molecule has 1 aliphatic carbocycles. The summed E-state index contributed by atoms with van der Waals surface area (Å²) in [4.78, 5) is 16.4. The molecule has 1 N–H and O–H groups in total. The van der Waals surface area contributed by atoms with E-state index in [0.717, 1.165) is 63.0 Å². The summed E-state index contributed by atoms with van der Waals surface area (Å²) in [6.45, 7) is 6.31. The molecule has 0 aromatic heterocycles. The van der Waals surface area contributed by atoms with Gasteiger partial charge in [-0.05, 0) is 106 Å². The Balaban J connectivity index is 1.36. The van der Waals surface area contributed by atoms with Crippen LogP contribution in [-0.2, 0) is 10.7 Å². The van der Waals surface area contributed by atoms with Crippen molar-refractivity contribution in [3.05, 3.63) is 71.3 Å². The Labute approximate surface area is 235 Å². The lowest BCUT2D eigenvalue weighted by Gasteiger charge is -2.35. The summed E-state index contributed by atoms with van der Waals surface area (Å²) in [7, 11) is 1.89. The van der Waals surface area contributed by atoms with E-state index >= 15 is 0 Å². The molecule has 1 aliphatic heterocycles. The van der Waals surface area contributed by atoms with Gasteiger partial charge in [0.1, 0.15) is 17.7 Å². The second-order valence-electron chi connectivity index (χ2n) is 12.2. The number of halogens is 4. The van der Waals surface area contributed by atoms with Gasteiger partial charge < -0.3 is 10.0 Å². The third-order valence-electron chi connectivity index (χ3n) is 9.18. The first kappa shape index (κ1) is 30.5. The number of carboxylic acids is 1. The number of likely N-dealkylation sites (tertiary alicyclic amines) is 1. The molecule has 0 spiro atoms. The number of carboxylic acid groups (broad SMARTS) is 1. The standard InChI is InChI=1S/C32H42F4N2O2/c1-21(2)30(31(39)40)37(3)28-18-24(29(19-28)23-5-4-6-27(34)17-23)20-38-15-12-22(13-16-38)11-14-32(35,36)25-7-9-26(33)10-8-25/h4-10,17,21-22,24,28-30H,11-16,18-20H2,1-3H3,(H,39,40)/t24?,28?,29?,30-/m1/s1. The molecule has 2 aromatic carbocycles. The number of benzene rings is 2. The molecule has 0 bridgehead atoms. The fourth-order valence-corrected chi connectivity index (χ4v) is 6.94. The first-order valence-electron chi connectivity index (χ1n) is 14.5. The van der Waals surface area contributed by atoms with E-state index in [1.54, 1.807) is 12.1 Å². The van der Waals surface area contributed by atoms with E-state index in [1.807, 2.05) is 31.9 Å². The van der Waals surface area contributed by atoms with Crippen LogP contribution in [0.15, 0.2) is 48.5 Å². The highest BCUT2D eigenvalue weighted by molar-refractivity contribution is 5.73. The van der Waals surface area contributed by atoms with E-state index in [-0.39, 0.29) is 47.5 Å². The molecular formula is C32H42F4N2O2. The number of alkyl halides is 2. The van der Waals surface area contributed by atoms with Gasteiger partial charge in [0.15, 0.2) is 0 Å². The smallest absolute Gasteiger partial charge is 0.321 e. The predicted octanol–water partition coefficient (Wildman–Crippen LogP) is 7.15. The number of likely N-dealkylation sites (N-methyl/N-ethyl adjacent to an activating group) is 1. The Bertz CT molecular complexity index is 1120. The predicted molar refractivity (Wildman–Crippen MR) is 148 cm³/mol. The van der Waals surface area contributed by atoms with Crippen LogP contribution in [0.2, 0.25) is 0 Å². The van der Waals surface area contributed by atoms with E-state index < -0.39 is 23.8 Å². The average Bonchev–Trinajstić information content (AvgIpc) is 3.32. The van der Waals surface area contributed by atoms with Gasteiger partial charge in [0.2, 0.25) is 0 Å². The number of aliphatic carboxylic acids is 1. The van der Waals surface area contributed by atoms with Crippen LogP contribution in [0.1, 0.15) is 69.4 Å². The van der Waals surface area contributed by atoms with Gasteiger partial charge >= 0.3 is 5.97 Å². The van der Waals surface area contributed by atoms with Crippen molar-refractivity contribution in [2.45, 2.75) is 76.3 Å². The molecule has 3 unspecified atom stereocenters. The number of hydrogen-bond acceptors (Lipinski definition) is 3. The van der Waals surface area contributed by atoms with Gasteiger partial charge in [-0.25, -0.2) is 17.6 Å². The Morgan fingerprint density at radius 3 is 2.33 bits per heavy atom. The lowest BCUT2D eigenvalue weighted by molar-refractivity contribution is -0.145. The molecule has 0 radical (unpaired) electrons. The fraction of sp³-hybridized carbons (Fsp3) is 0.594. The minimum atomic E-state index is -2.97. The van der Waals surface area contributed by atoms with Crippen LogP contribution in [0.4, 0.5) is 17.6 Å². The third-order valence-corrected chi connectivity index (χ3v) is 9.18. The molecule has 4 rings (SSSR count). The van der Waals surface area contributed by atoms with Crippen molar-refractivity contribution in [2.24, 2.45) is 17.8 Å². The number of rotatable bonds is 11. The zero-order valence-corrected chi connectivity index (χ0v) is 23.7. The first-order valence-corrected chi connectivity index (χ1v) is 14.5. The molecule has 8 heteroatoms. The Morgan fingerprint density at radius 2 is 1.73 bits per heavy atom. The minimum Gasteiger partial charge on any atom is -0.480 e. The van der Waals surface area contributed by atoms with E-state index in [4.69, 9.17) is 0 Å². The Morgan fingerprint density at radius 1 is 1.05 bits per heavy atom. The summed E-state index contributed by atoms with van der Waals surface area (Å²) in [6, 6.07) is 10.7. The van der Waals surface area contributed by atoms with Crippen LogP contribution in [0.3, 0.4) is 0 Å². The summed E-state index contributed by atoms with van der Waals surface area (Å²) < 4.78 is 56.7. The van der Waals surface area contributed by atoms with Crippen LogP contribution in [0, 0.1) is 29.4 Å². The normalized spacial score (nSPS) is 23.7. The number of piperidine rings is 1. The van der Waals surface area contributed by atoms with Crippen molar-refractivity contribution >= 4 is 5.97 Å². The van der Waals surface area contributed by atoms with Gasteiger partial charge in [0.05, 0.1) is 0 Å². The van der Waals surface area contributed by atoms with Crippen molar-refractivity contribution in [1.82, 2.24) is 9.80 Å². The molecule has 220 valence electrons. The van der Waals surface area contributed by atoms with Gasteiger partial charge in [-0.2, -0.15) is 0 Å². The zero-order valence-electron chi connectivity index (χ0n) is 23.7. The summed E-state index contributed by atoms with van der Waals surface area (Å²) in [5, 5.41) is 9.85. The molecule has 1 saturated heterocycles. The lowest BCUT2D eigenvalue weighted by atomic mass is 9.86. The number of carbonyl (C=O) groups is 1. The molecule has 4 nitrogen and oxygen atoms in total. The molecule has 40 heavy (non-hydrogen) atoms. The summed E-state index contributed by atoms with van der Waals surface area (Å²) >= 11 is 0. The number of nitrogens with zero attached hydrogens (tertiary/aromatic N) is 2. The molecule has 1 heterocycles. The highest BCUT2D eigenvalue weighted by Gasteiger charge is 2.42. The van der Waals surface area contributed by atoms with Crippen LogP contribution >= 0.6 is 0 Å². The SMILES string of the molecule is CC(C)[C@H](C(=O)O)N(C)C1CC(CN2CCC(CCC(F)(F)c3ccc(F)cc3)CC2)C(c2cccc(F)c2)C1. The largest absolute Gasteiger partial charge is 0.480 e. The molecule has 0 amide bonds. The molecule has 2 aliphatic rings. The minimum absolute atomic E-state index is 0.0383. The average molecular weight is 563 g/mol. The fourth-order valence-electron chi connectivity index (χ4n) is 6.94. The van der Waals surface area contributed by atoms with E-state index in [9.17, 15) is 27.5 Å². The third kappa shape index (κ3) is 7.43. The van der Waals surface area contributed by atoms with Gasteiger partial charge in [0.25, 0.3) is 5.92 Å². The highest BCUT2D eigenvalue weighted by atomic mass is 19.3. The quantitative estimate of drug-likeness (QED) is 0.296. The molecule has 2 aromatic rings. The van der Waals surface area contributed by atoms with Crippen LogP contribution < -0.4 is 0 Å². The highest BCUT2D eigenvalue weighted by Crippen LogP contribution is 2.44. The molecular weight excluding hydrogens is 520 g/mol. The molecule has 2 fully saturated rings. The lowest BCUT2D eigenvalue weighted by Crippen LogP contribution is -2.47. The van der Waals surface area contributed by atoms with Gasteiger partial charge in [-0.15, -0.1) is 0 Å². The second kappa shape index (κ2) is 13.0. The zero-order chi connectivity index (χ0) is 29.0. The molecule has 1 saturated carbocycles.